The molecule has 2 aromatic rings. The Morgan fingerprint density at radius 2 is 1.73 bits per heavy atom. The van der Waals surface area contributed by atoms with Crippen LogP contribution in [-0.2, 0) is 19.1 Å². The minimum atomic E-state index is -0.915. The fourth-order valence-corrected chi connectivity index (χ4v) is 4.64. The van der Waals surface area contributed by atoms with Gasteiger partial charge >= 0.3 is 5.97 Å². The average Bonchev–Trinajstić information content (AvgIpc) is 3.18. The molecular formula is C27H29FN2O7. The molecule has 9 nitrogen and oxygen atoms in total. The molecule has 0 aromatic heterocycles. The Morgan fingerprint density at radius 1 is 1.05 bits per heavy atom. The molecule has 2 aliphatic heterocycles. The fraction of sp³-hybridized carbons (Fsp3) is 0.370. The van der Waals surface area contributed by atoms with Crippen molar-refractivity contribution >= 4 is 23.4 Å². The number of ketones is 1. The smallest absolute Gasteiger partial charge is 0.337 e. The van der Waals surface area contributed by atoms with Crippen molar-refractivity contribution < 1.29 is 38.1 Å². The van der Waals surface area contributed by atoms with Crippen LogP contribution in [0.25, 0.3) is 5.76 Å². The molecule has 1 N–H and O–H groups in total. The first kappa shape index (κ1) is 26.3. The van der Waals surface area contributed by atoms with Crippen molar-refractivity contribution in [3.63, 3.8) is 0 Å². The Morgan fingerprint density at radius 3 is 2.35 bits per heavy atom. The molecule has 4 rings (SSSR count). The molecule has 2 saturated heterocycles. The Hall–Kier alpha value is -3.76. The van der Waals surface area contributed by atoms with Gasteiger partial charge in [0.25, 0.3) is 11.7 Å². The van der Waals surface area contributed by atoms with Crippen LogP contribution in [0, 0.1) is 5.82 Å². The number of morpholine rings is 1. The highest BCUT2D eigenvalue weighted by atomic mass is 19.1. The van der Waals surface area contributed by atoms with Crippen molar-refractivity contribution in [2.24, 2.45) is 0 Å². The van der Waals surface area contributed by atoms with Crippen LogP contribution in [0.15, 0.2) is 48.0 Å². The van der Waals surface area contributed by atoms with Crippen LogP contribution >= 0.6 is 0 Å². The molecule has 2 aliphatic rings. The zero-order valence-corrected chi connectivity index (χ0v) is 20.7. The van der Waals surface area contributed by atoms with Gasteiger partial charge in [0.05, 0.1) is 44.6 Å². The predicted molar refractivity (Wildman–Crippen MR) is 132 cm³/mol. The normalized spacial score (nSPS) is 19.8. The van der Waals surface area contributed by atoms with E-state index < -0.39 is 35.3 Å². The fourth-order valence-electron chi connectivity index (χ4n) is 4.64. The number of hydrogen-bond acceptors (Lipinski definition) is 8. The topological polar surface area (TPSA) is 106 Å². The molecular weight excluding hydrogens is 483 g/mol. The van der Waals surface area contributed by atoms with Crippen molar-refractivity contribution in [2.45, 2.75) is 12.5 Å². The second kappa shape index (κ2) is 11.5. The van der Waals surface area contributed by atoms with E-state index in [0.717, 1.165) is 19.2 Å². The lowest BCUT2D eigenvalue weighted by Gasteiger charge is -2.29. The first-order chi connectivity index (χ1) is 17.8. The number of likely N-dealkylation sites (tertiary alicyclic amines) is 1. The molecule has 1 amide bonds. The molecule has 1 unspecified atom stereocenters. The van der Waals surface area contributed by atoms with Crippen molar-refractivity contribution in [3.8, 4) is 5.75 Å². The minimum absolute atomic E-state index is 0.0185. The number of carbonyl (C=O) groups is 3. The van der Waals surface area contributed by atoms with Crippen molar-refractivity contribution in [1.82, 2.24) is 9.80 Å². The summed E-state index contributed by atoms with van der Waals surface area (Å²) in [5, 5.41) is 11.1. The first-order valence-corrected chi connectivity index (χ1v) is 12.0. The highest BCUT2D eigenvalue weighted by molar-refractivity contribution is 6.46. The molecule has 0 spiro atoms. The predicted octanol–water partition coefficient (Wildman–Crippen LogP) is 2.76. The molecule has 0 radical (unpaired) electrons. The number of halogens is 1. The van der Waals surface area contributed by atoms with E-state index in [9.17, 15) is 23.9 Å². The maximum absolute atomic E-state index is 14.4. The number of rotatable bonds is 8. The van der Waals surface area contributed by atoms with Crippen LogP contribution in [0.4, 0.5) is 4.39 Å². The number of benzene rings is 2. The van der Waals surface area contributed by atoms with Crippen LogP contribution in [0.5, 0.6) is 5.75 Å². The van der Waals surface area contributed by atoms with Gasteiger partial charge in [-0.15, -0.1) is 0 Å². The number of hydrogen-bond donors (Lipinski definition) is 1. The first-order valence-electron chi connectivity index (χ1n) is 12.0. The SMILES string of the molecule is COC(=O)c1ccc(C2C(=C(O)c3ccc(OC)c(F)c3)C(=O)C(=O)N2CCCN2CCOCC2)cc1. The maximum Gasteiger partial charge on any atom is 0.337 e. The summed E-state index contributed by atoms with van der Waals surface area (Å²) < 4.78 is 29.4. The van der Waals surface area contributed by atoms with E-state index in [1.54, 1.807) is 12.1 Å². The van der Waals surface area contributed by atoms with Gasteiger partial charge < -0.3 is 24.2 Å². The minimum Gasteiger partial charge on any atom is -0.507 e. The highest BCUT2D eigenvalue weighted by Crippen LogP contribution is 2.40. The Labute approximate surface area is 214 Å². The van der Waals surface area contributed by atoms with Crippen LogP contribution < -0.4 is 4.74 Å². The number of nitrogens with zero attached hydrogens (tertiary/aromatic N) is 2. The number of ether oxygens (including phenoxy) is 3. The standard InChI is InChI=1S/C27H29FN2O7/c1-35-21-9-8-19(16-20(21)28)24(31)22-23(17-4-6-18(7-5-17)27(34)36-2)30(26(33)25(22)32)11-3-10-29-12-14-37-15-13-29/h4-9,16,23,31H,3,10-15H2,1-2H3. The number of amides is 1. The number of aliphatic hydroxyl groups excluding tert-OH is 1. The lowest BCUT2D eigenvalue weighted by molar-refractivity contribution is -0.140. The van der Waals surface area contributed by atoms with Gasteiger partial charge in [-0.3, -0.25) is 14.5 Å². The number of Topliss-reactive ketones (excluding diaryl/α,β-unsaturated/α-hetero) is 1. The summed E-state index contributed by atoms with van der Waals surface area (Å²) in [6.45, 7) is 3.86. The van der Waals surface area contributed by atoms with Crippen molar-refractivity contribution in [2.75, 3.05) is 53.6 Å². The zero-order valence-electron chi connectivity index (χ0n) is 20.7. The van der Waals surface area contributed by atoms with Gasteiger partial charge in [-0.05, 0) is 42.3 Å². The van der Waals surface area contributed by atoms with Gasteiger partial charge in [0.15, 0.2) is 11.6 Å². The van der Waals surface area contributed by atoms with E-state index in [2.05, 4.69) is 4.90 Å². The van der Waals surface area contributed by atoms with Crippen LogP contribution in [-0.4, -0.2) is 86.2 Å². The van der Waals surface area contributed by atoms with Crippen LogP contribution in [0.1, 0.15) is 33.9 Å². The third-order valence-electron chi connectivity index (χ3n) is 6.59. The number of methoxy groups -OCH3 is 2. The number of aliphatic hydroxyl groups is 1. The zero-order chi connectivity index (χ0) is 26.5. The van der Waals surface area contributed by atoms with Crippen molar-refractivity contribution in [1.29, 1.82) is 0 Å². The van der Waals surface area contributed by atoms with Gasteiger partial charge in [0.1, 0.15) is 5.76 Å². The molecule has 37 heavy (non-hydrogen) atoms. The van der Waals surface area contributed by atoms with Gasteiger partial charge in [-0.1, -0.05) is 12.1 Å². The summed E-state index contributed by atoms with van der Waals surface area (Å²) in [4.78, 5) is 41.9. The second-order valence-electron chi connectivity index (χ2n) is 8.76. The molecule has 0 saturated carbocycles. The molecule has 2 fully saturated rings. The summed E-state index contributed by atoms with van der Waals surface area (Å²) in [7, 11) is 2.59. The number of carbonyl (C=O) groups excluding carboxylic acids is 3. The molecule has 196 valence electrons. The summed E-state index contributed by atoms with van der Waals surface area (Å²) >= 11 is 0. The van der Waals surface area contributed by atoms with E-state index in [4.69, 9.17) is 14.2 Å². The molecule has 2 aromatic carbocycles. The quantitative estimate of drug-likeness (QED) is 0.249. The summed E-state index contributed by atoms with van der Waals surface area (Å²) in [6, 6.07) is 9.17. The largest absolute Gasteiger partial charge is 0.507 e. The molecule has 0 aliphatic carbocycles. The Kier molecular flexibility index (Phi) is 8.20. The van der Waals surface area contributed by atoms with Gasteiger partial charge in [0.2, 0.25) is 0 Å². The summed E-state index contributed by atoms with van der Waals surface area (Å²) in [5.41, 5.74) is 0.717. The lowest BCUT2D eigenvalue weighted by atomic mass is 9.94. The second-order valence-corrected chi connectivity index (χ2v) is 8.76. The Bertz CT molecular complexity index is 1210. The number of esters is 1. The van der Waals surface area contributed by atoms with Gasteiger partial charge in [-0.2, -0.15) is 0 Å². The van der Waals surface area contributed by atoms with Gasteiger partial charge in [-0.25, -0.2) is 9.18 Å². The van der Waals surface area contributed by atoms with Crippen molar-refractivity contribution in [3.05, 3.63) is 70.5 Å². The molecule has 10 heteroatoms. The average molecular weight is 513 g/mol. The summed E-state index contributed by atoms with van der Waals surface area (Å²) in [5.74, 6) is -3.36. The van der Waals surface area contributed by atoms with E-state index in [-0.39, 0.29) is 23.4 Å². The highest BCUT2D eigenvalue weighted by Gasteiger charge is 2.46. The molecule has 2 heterocycles. The molecule has 0 bridgehead atoms. The van der Waals surface area contributed by atoms with E-state index in [0.29, 0.717) is 37.3 Å². The maximum atomic E-state index is 14.4. The monoisotopic (exact) mass is 512 g/mol. The van der Waals surface area contributed by atoms with Crippen LogP contribution in [0.3, 0.4) is 0 Å². The van der Waals surface area contributed by atoms with Crippen LogP contribution in [0.2, 0.25) is 0 Å². The molecule has 1 atom stereocenters. The third-order valence-corrected chi connectivity index (χ3v) is 6.59. The third kappa shape index (κ3) is 5.50. The lowest BCUT2D eigenvalue weighted by Crippen LogP contribution is -2.39. The van der Waals surface area contributed by atoms with E-state index >= 15 is 0 Å². The Balaban J connectivity index is 1.70. The van der Waals surface area contributed by atoms with Gasteiger partial charge in [0, 0.05) is 31.7 Å². The summed E-state index contributed by atoms with van der Waals surface area (Å²) in [6.07, 6.45) is 0.598. The van der Waals surface area contributed by atoms with E-state index in [1.807, 2.05) is 0 Å². The van der Waals surface area contributed by atoms with E-state index in [1.165, 1.54) is 43.4 Å².